The van der Waals surface area contributed by atoms with Gasteiger partial charge in [0.2, 0.25) is 5.82 Å². The predicted octanol–water partition coefficient (Wildman–Crippen LogP) is 4.45. The van der Waals surface area contributed by atoms with Crippen LogP contribution in [0.3, 0.4) is 0 Å². The van der Waals surface area contributed by atoms with Gasteiger partial charge < -0.3 is 14.8 Å². The third kappa shape index (κ3) is 4.42. The van der Waals surface area contributed by atoms with Gasteiger partial charge in [-0.1, -0.05) is 29.8 Å². The molecule has 0 spiro atoms. The van der Waals surface area contributed by atoms with Crippen LogP contribution in [-0.2, 0) is 6.54 Å². The van der Waals surface area contributed by atoms with Crippen molar-refractivity contribution in [2.45, 2.75) is 6.54 Å². The first-order valence-electron chi connectivity index (χ1n) is 7.87. The Hall–Kier alpha value is -3.39. The number of ether oxygens (including phenoxy) is 2. The standard InChI is InChI=1S/C18H15ClN4O4/c1-26-13-6-8-14(9-7-13)27-18-16(23(24)25)17(21-11-22-18)20-10-12-4-2-3-5-15(12)19/h2-9,11H,10H2,1H3,(H,20,21,22). The average Bonchev–Trinajstić information content (AvgIpc) is 2.68. The van der Waals surface area contributed by atoms with Crippen LogP contribution in [0.25, 0.3) is 0 Å². The van der Waals surface area contributed by atoms with E-state index in [0.29, 0.717) is 16.5 Å². The molecule has 0 saturated heterocycles. The molecular formula is C18H15ClN4O4. The van der Waals surface area contributed by atoms with Crippen molar-refractivity contribution in [2.75, 3.05) is 12.4 Å². The molecule has 9 heteroatoms. The first-order valence-corrected chi connectivity index (χ1v) is 8.25. The van der Waals surface area contributed by atoms with Crippen LogP contribution in [0.5, 0.6) is 17.4 Å². The highest BCUT2D eigenvalue weighted by atomic mass is 35.5. The molecule has 8 nitrogen and oxygen atoms in total. The number of hydrogen-bond acceptors (Lipinski definition) is 7. The van der Waals surface area contributed by atoms with Crippen molar-refractivity contribution in [1.82, 2.24) is 9.97 Å². The topological polar surface area (TPSA) is 99.4 Å². The quantitative estimate of drug-likeness (QED) is 0.473. The van der Waals surface area contributed by atoms with Crippen molar-refractivity contribution >= 4 is 23.1 Å². The highest BCUT2D eigenvalue weighted by Gasteiger charge is 2.25. The van der Waals surface area contributed by atoms with Crippen molar-refractivity contribution in [3.8, 4) is 17.4 Å². The Bertz CT molecular complexity index is 950. The average molecular weight is 387 g/mol. The van der Waals surface area contributed by atoms with Gasteiger partial charge in [-0.15, -0.1) is 0 Å². The van der Waals surface area contributed by atoms with Crippen molar-refractivity contribution in [2.24, 2.45) is 0 Å². The van der Waals surface area contributed by atoms with Gasteiger partial charge in [-0.05, 0) is 35.9 Å². The second kappa shape index (κ2) is 8.33. The zero-order chi connectivity index (χ0) is 19.2. The van der Waals surface area contributed by atoms with E-state index in [4.69, 9.17) is 21.1 Å². The minimum Gasteiger partial charge on any atom is -0.497 e. The molecule has 0 radical (unpaired) electrons. The van der Waals surface area contributed by atoms with E-state index in [0.717, 1.165) is 5.56 Å². The first kappa shape index (κ1) is 18.4. The largest absolute Gasteiger partial charge is 0.497 e. The highest BCUT2D eigenvalue weighted by Crippen LogP contribution is 2.34. The monoisotopic (exact) mass is 386 g/mol. The number of anilines is 1. The van der Waals surface area contributed by atoms with E-state index >= 15 is 0 Å². The lowest BCUT2D eigenvalue weighted by molar-refractivity contribution is -0.385. The molecule has 0 saturated carbocycles. The number of nitrogens with zero attached hydrogens (tertiary/aromatic N) is 3. The van der Waals surface area contributed by atoms with Crippen LogP contribution in [0.4, 0.5) is 11.5 Å². The molecule has 3 aromatic rings. The number of nitro groups is 1. The SMILES string of the molecule is COc1ccc(Oc2ncnc(NCc3ccccc3Cl)c2[N+](=O)[O-])cc1. The maximum absolute atomic E-state index is 11.6. The lowest BCUT2D eigenvalue weighted by atomic mass is 10.2. The minimum atomic E-state index is -0.589. The molecule has 0 amide bonds. The van der Waals surface area contributed by atoms with Gasteiger partial charge in [-0.2, -0.15) is 4.98 Å². The molecule has 0 atom stereocenters. The maximum Gasteiger partial charge on any atom is 0.373 e. The smallest absolute Gasteiger partial charge is 0.373 e. The van der Waals surface area contributed by atoms with Crippen molar-refractivity contribution in [3.05, 3.63) is 75.6 Å². The summed E-state index contributed by atoms with van der Waals surface area (Å²) in [4.78, 5) is 18.8. The van der Waals surface area contributed by atoms with E-state index < -0.39 is 4.92 Å². The van der Waals surface area contributed by atoms with Gasteiger partial charge in [0.05, 0.1) is 12.0 Å². The summed E-state index contributed by atoms with van der Waals surface area (Å²) in [6, 6.07) is 13.8. The van der Waals surface area contributed by atoms with Crippen LogP contribution < -0.4 is 14.8 Å². The Labute approximate surface area is 159 Å². The molecule has 0 unspecified atom stereocenters. The Morgan fingerprint density at radius 3 is 2.48 bits per heavy atom. The Morgan fingerprint density at radius 1 is 1.11 bits per heavy atom. The molecule has 0 bridgehead atoms. The molecule has 27 heavy (non-hydrogen) atoms. The number of benzene rings is 2. The lowest BCUT2D eigenvalue weighted by Gasteiger charge is -2.10. The van der Waals surface area contributed by atoms with Gasteiger partial charge in [0, 0.05) is 11.6 Å². The van der Waals surface area contributed by atoms with Gasteiger partial charge >= 0.3 is 11.6 Å². The molecule has 0 fully saturated rings. The lowest BCUT2D eigenvalue weighted by Crippen LogP contribution is -2.07. The molecule has 1 aromatic heterocycles. The summed E-state index contributed by atoms with van der Waals surface area (Å²) in [6.07, 6.45) is 1.20. The summed E-state index contributed by atoms with van der Waals surface area (Å²) in [5.74, 6) is 0.900. The van der Waals surface area contributed by atoms with Gasteiger partial charge in [-0.25, -0.2) is 4.98 Å². The van der Waals surface area contributed by atoms with E-state index in [-0.39, 0.29) is 23.9 Å². The molecule has 1 N–H and O–H groups in total. The van der Waals surface area contributed by atoms with E-state index in [1.54, 1.807) is 43.5 Å². The predicted molar refractivity (Wildman–Crippen MR) is 101 cm³/mol. The molecule has 1 heterocycles. The number of methoxy groups -OCH3 is 1. The molecule has 2 aromatic carbocycles. The zero-order valence-corrected chi connectivity index (χ0v) is 15.0. The summed E-state index contributed by atoms with van der Waals surface area (Å²) in [6.45, 7) is 0.263. The van der Waals surface area contributed by atoms with Gasteiger partial charge in [-0.3, -0.25) is 10.1 Å². The van der Waals surface area contributed by atoms with E-state index in [1.807, 2.05) is 12.1 Å². The third-order valence-corrected chi connectivity index (χ3v) is 4.02. The number of nitrogens with one attached hydrogen (secondary N) is 1. The highest BCUT2D eigenvalue weighted by molar-refractivity contribution is 6.31. The minimum absolute atomic E-state index is 0.0402. The summed E-state index contributed by atoms with van der Waals surface area (Å²) in [5.41, 5.74) is 0.421. The zero-order valence-electron chi connectivity index (χ0n) is 14.3. The third-order valence-electron chi connectivity index (χ3n) is 3.65. The fraction of sp³-hybridized carbons (Fsp3) is 0.111. The molecule has 0 aliphatic heterocycles. The fourth-order valence-electron chi connectivity index (χ4n) is 2.31. The van der Waals surface area contributed by atoms with Gasteiger partial charge in [0.25, 0.3) is 0 Å². The van der Waals surface area contributed by atoms with Crippen molar-refractivity contribution in [1.29, 1.82) is 0 Å². The molecule has 138 valence electrons. The van der Waals surface area contributed by atoms with Gasteiger partial charge in [0.1, 0.15) is 17.8 Å². The van der Waals surface area contributed by atoms with Crippen molar-refractivity contribution in [3.63, 3.8) is 0 Å². The Kier molecular flexibility index (Phi) is 5.68. The number of rotatable bonds is 7. The van der Waals surface area contributed by atoms with E-state index in [9.17, 15) is 10.1 Å². The fourth-order valence-corrected chi connectivity index (χ4v) is 2.51. The molecule has 3 rings (SSSR count). The summed E-state index contributed by atoms with van der Waals surface area (Å²) in [7, 11) is 1.54. The van der Waals surface area contributed by atoms with Crippen molar-refractivity contribution < 1.29 is 14.4 Å². The van der Waals surface area contributed by atoms with Crippen LogP contribution >= 0.6 is 11.6 Å². The molecule has 0 aliphatic rings. The van der Waals surface area contributed by atoms with Crippen LogP contribution in [0.2, 0.25) is 5.02 Å². The molecular weight excluding hydrogens is 372 g/mol. The van der Waals surface area contributed by atoms with E-state index in [2.05, 4.69) is 15.3 Å². The van der Waals surface area contributed by atoms with Crippen LogP contribution in [-0.4, -0.2) is 22.0 Å². The Balaban J connectivity index is 1.85. The van der Waals surface area contributed by atoms with Crippen LogP contribution in [0.1, 0.15) is 5.56 Å². The summed E-state index contributed by atoms with van der Waals surface area (Å²) in [5, 5.41) is 15.0. The normalized spacial score (nSPS) is 10.3. The second-order valence-corrected chi connectivity index (χ2v) is 5.76. The van der Waals surface area contributed by atoms with Crippen LogP contribution in [0.15, 0.2) is 54.9 Å². The van der Waals surface area contributed by atoms with Crippen LogP contribution in [0, 0.1) is 10.1 Å². The number of aromatic nitrogens is 2. The summed E-state index contributed by atoms with van der Waals surface area (Å²) >= 11 is 6.11. The molecule has 0 aliphatic carbocycles. The Morgan fingerprint density at radius 2 is 1.81 bits per heavy atom. The maximum atomic E-state index is 11.6. The second-order valence-electron chi connectivity index (χ2n) is 5.36. The number of halogens is 1. The number of hydrogen-bond donors (Lipinski definition) is 1. The van der Waals surface area contributed by atoms with E-state index in [1.165, 1.54) is 6.33 Å². The first-order chi connectivity index (χ1) is 13.1. The van der Waals surface area contributed by atoms with Gasteiger partial charge in [0.15, 0.2) is 0 Å². The summed E-state index contributed by atoms with van der Waals surface area (Å²) < 4.78 is 10.6.